The van der Waals surface area contributed by atoms with Crippen molar-refractivity contribution in [2.45, 2.75) is 77.7 Å². The van der Waals surface area contributed by atoms with Gasteiger partial charge in [-0.15, -0.1) is 10.2 Å². The first kappa shape index (κ1) is 19.9. The molecule has 0 radical (unpaired) electrons. The fourth-order valence-electron chi connectivity index (χ4n) is 4.59. The molecule has 0 atom stereocenters. The average molecular weight is 397 g/mol. The first-order valence-electron chi connectivity index (χ1n) is 11.1. The molecular weight excluding hydrogens is 364 g/mol. The van der Waals surface area contributed by atoms with E-state index in [9.17, 15) is 4.79 Å². The van der Waals surface area contributed by atoms with Crippen LogP contribution in [0.3, 0.4) is 0 Å². The quantitative estimate of drug-likeness (QED) is 0.811. The van der Waals surface area contributed by atoms with E-state index in [-0.39, 0.29) is 5.91 Å². The molecule has 0 aromatic carbocycles. The van der Waals surface area contributed by atoms with E-state index in [1.807, 2.05) is 30.7 Å². The predicted octanol–water partition coefficient (Wildman–Crippen LogP) is 3.26. The third kappa shape index (κ3) is 4.60. The second-order valence-corrected chi connectivity index (χ2v) is 8.41. The summed E-state index contributed by atoms with van der Waals surface area (Å²) < 4.78 is 1.85. The van der Waals surface area contributed by atoms with Crippen LogP contribution in [0, 0.1) is 13.8 Å². The van der Waals surface area contributed by atoms with Crippen molar-refractivity contribution in [1.29, 1.82) is 0 Å². The summed E-state index contributed by atoms with van der Waals surface area (Å²) in [5.41, 5.74) is 3.13. The molecule has 7 heteroatoms. The van der Waals surface area contributed by atoms with Gasteiger partial charge in [0.15, 0.2) is 11.6 Å². The molecule has 29 heavy (non-hydrogen) atoms. The second kappa shape index (κ2) is 8.93. The summed E-state index contributed by atoms with van der Waals surface area (Å²) in [7, 11) is 0. The standard InChI is InChI=1S/C22H32N6O/c1-16-19(10-13-22(29)23-18-8-4-5-9-18)17(2)28(26-16)21-12-11-20(24-25-21)27-14-6-3-7-15-27/h11-12,18H,3-10,13-15H2,1-2H3,(H,23,29). The summed E-state index contributed by atoms with van der Waals surface area (Å²) >= 11 is 0. The fourth-order valence-corrected chi connectivity index (χ4v) is 4.59. The molecule has 1 aliphatic heterocycles. The van der Waals surface area contributed by atoms with Crippen LogP contribution in [0.1, 0.15) is 68.3 Å². The Morgan fingerprint density at radius 2 is 1.72 bits per heavy atom. The summed E-state index contributed by atoms with van der Waals surface area (Å²) in [6.07, 6.45) is 9.65. The molecule has 2 aromatic heterocycles. The minimum atomic E-state index is 0.147. The van der Waals surface area contributed by atoms with Gasteiger partial charge in [0, 0.05) is 31.2 Å². The van der Waals surface area contributed by atoms with Crippen LogP contribution < -0.4 is 10.2 Å². The van der Waals surface area contributed by atoms with Crippen molar-refractivity contribution in [2.75, 3.05) is 18.0 Å². The normalized spacial score (nSPS) is 17.7. The number of aromatic nitrogens is 4. The summed E-state index contributed by atoms with van der Waals surface area (Å²) in [6, 6.07) is 4.41. The third-order valence-corrected chi connectivity index (χ3v) is 6.30. The topological polar surface area (TPSA) is 75.9 Å². The number of carbonyl (C=O) groups is 1. The van der Waals surface area contributed by atoms with Crippen LogP contribution in [-0.4, -0.2) is 45.0 Å². The molecule has 1 amide bonds. The Labute approximate surface area is 172 Å². The van der Waals surface area contributed by atoms with Crippen LogP contribution in [-0.2, 0) is 11.2 Å². The number of rotatable bonds is 6. The minimum absolute atomic E-state index is 0.147. The average Bonchev–Trinajstić information content (AvgIpc) is 3.35. The Morgan fingerprint density at radius 1 is 1.03 bits per heavy atom. The third-order valence-electron chi connectivity index (χ3n) is 6.30. The maximum Gasteiger partial charge on any atom is 0.220 e. The molecule has 1 saturated carbocycles. The summed E-state index contributed by atoms with van der Waals surface area (Å²) in [6.45, 7) is 6.16. The largest absolute Gasteiger partial charge is 0.355 e. The van der Waals surface area contributed by atoms with Crippen LogP contribution in [0.4, 0.5) is 5.82 Å². The number of aryl methyl sites for hydroxylation is 1. The van der Waals surface area contributed by atoms with Crippen molar-refractivity contribution in [1.82, 2.24) is 25.3 Å². The van der Waals surface area contributed by atoms with E-state index in [4.69, 9.17) is 0 Å². The van der Waals surface area contributed by atoms with Crippen LogP contribution in [0.2, 0.25) is 0 Å². The zero-order valence-electron chi connectivity index (χ0n) is 17.7. The molecule has 7 nitrogen and oxygen atoms in total. The minimum Gasteiger partial charge on any atom is -0.355 e. The molecule has 1 aliphatic carbocycles. The van der Waals surface area contributed by atoms with E-state index in [0.29, 0.717) is 18.9 Å². The lowest BCUT2D eigenvalue weighted by Gasteiger charge is -2.27. The Balaban J connectivity index is 1.41. The van der Waals surface area contributed by atoms with Gasteiger partial charge >= 0.3 is 0 Å². The number of carbonyl (C=O) groups excluding carboxylic acids is 1. The Kier molecular flexibility index (Phi) is 6.11. The lowest BCUT2D eigenvalue weighted by Crippen LogP contribution is -2.32. The van der Waals surface area contributed by atoms with E-state index in [0.717, 1.165) is 54.5 Å². The molecule has 2 fully saturated rings. The molecule has 1 N–H and O–H groups in total. The fraction of sp³-hybridized carbons (Fsp3) is 0.636. The summed E-state index contributed by atoms with van der Waals surface area (Å²) in [5.74, 6) is 1.82. The van der Waals surface area contributed by atoms with Crippen LogP contribution in [0.25, 0.3) is 5.82 Å². The first-order chi connectivity index (χ1) is 14.1. The van der Waals surface area contributed by atoms with Gasteiger partial charge in [0.25, 0.3) is 0 Å². The Hall–Kier alpha value is -2.44. The molecule has 2 aromatic rings. The number of nitrogens with zero attached hydrogens (tertiary/aromatic N) is 5. The van der Waals surface area contributed by atoms with Crippen LogP contribution in [0.15, 0.2) is 12.1 Å². The maximum atomic E-state index is 12.3. The highest BCUT2D eigenvalue weighted by Crippen LogP contribution is 2.21. The van der Waals surface area contributed by atoms with Gasteiger partial charge in [-0.2, -0.15) is 5.10 Å². The molecule has 4 rings (SSSR count). The van der Waals surface area contributed by atoms with Crippen molar-refractivity contribution in [3.63, 3.8) is 0 Å². The lowest BCUT2D eigenvalue weighted by atomic mass is 10.1. The number of piperidine rings is 1. The van der Waals surface area contributed by atoms with E-state index in [1.165, 1.54) is 32.1 Å². The van der Waals surface area contributed by atoms with Crippen molar-refractivity contribution in [3.05, 3.63) is 29.1 Å². The maximum absolute atomic E-state index is 12.3. The van der Waals surface area contributed by atoms with Gasteiger partial charge in [-0.25, -0.2) is 4.68 Å². The molecule has 0 spiro atoms. The Bertz CT molecular complexity index is 832. The first-order valence-corrected chi connectivity index (χ1v) is 11.1. The number of hydrogen-bond donors (Lipinski definition) is 1. The van der Waals surface area contributed by atoms with E-state index in [2.05, 4.69) is 25.5 Å². The summed E-state index contributed by atoms with van der Waals surface area (Å²) in [4.78, 5) is 14.6. The molecule has 0 bridgehead atoms. The highest BCUT2D eigenvalue weighted by molar-refractivity contribution is 5.76. The van der Waals surface area contributed by atoms with Crippen LogP contribution >= 0.6 is 0 Å². The van der Waals surface area contributed by atoms with Gasteiger partial charge < -0.3 is 10.2 Å². The van der Waals surface area contributed by atoms with Gasteiger partial charge in [0.1, 0.15) is 0 Å². The highest BCUT2D eigenvalue weighted by Gasteiger charge is 2.19. The van der Waals surface area contributed by atoms with E-state index < -0.39 is 0 Å². The van der Waals surface area contributed by atoms with E-state index >= 15 is 0 Å². The van der Waals surface area contributed by atoms with Gasteiger partial charge in [-0.3, -0.25) is 4.79 Å². The zero-order chi connectivity index (χ0) is 20.2. The van der Waals surface area contributed by atoms with Crippen molar-refractivity contribution < 1.29 is 4.79 Å². The van der Waals surface area contributed by atoms with Gasteiger partial charge in [-0.1, -0.05) is 12.8 Å². The van der Waals surface area contributed by atoms with E-state index in [1.54, 1.807) is 0 Å². The number of amides is 1. The second-order valence-electron chi connectivity index (χ2n) is 8.41. The Morgan fingerprint density at radius 3 is 2.41 bits per heavy atom. The van der Waals surface area contributed by atoms with Crippen molar-refractivity contribution >= 4 is 11.7 Å². The molecule has 3 heterocycles. The monoisotopic (exact) mass is 396 g/mol. The summed E-state index contributed by atoms with van der Waals surface area (Å²) in [5, 5.41) is 16.7. The van der Waals surface area contributed by atoms with Gasteiger partial charge in [-0.05, 0) is 70.1 Å². The highest BCUT2D eigenvalue weighted by atomic mass is 16.1. The number of nitrogens with one attached hydrogen (secondary N) is 1. The number of hydrogen-bond acceptors (Lipinski definition) is 5. The van der Waals surface area contributed by atoms with Crippen LogP contribution in [0.5, 0.6) is 0 Å². The van der Waals surface area contributed by atoms with Gasteiger partial charge in [0.05, 0.1) is 5.69 Å². The predicted molar refractivity (Wildman–Crippen MR) is 113 cm³/mol. The molecule has 156 valence electrons. The number of anilines is 1. The molecule has 0 unspecified atom stereocenters. The molecule has 1 saturated heterocycles. The van der Waals surface area contributed by atoms with Crippen molar-refractivity contribution in [2.24, 2.45) is 0 Å². The molecule has 2 aliphatic rings. The van der Waals surface area contributed by atoms with Gasteiger partial charge in [0.2, 0.25) is 5.91 Å². The zero-order valence-corrected chi connectivity index (χ0v) is 17.7. The lowest BCUT2D eigenvalue weighted by molar-refractivity contribution is -0.121. The van der Waals surface area contributed by atoms with Crippen molar-refractivity contribution in [3.8, 4) is 5.82 Å². The smallest absolute Gasteiger partial charge is 0.220 e. The molecular formula is C22H32N6O. The SMILES string of the molecule is Cc1nn(-c2ccc(N3CCCCC3)nn2)c(C)c1CCC(=O)NC1CCCC1.